The van der Waals surface area contributed by atoms with Crippen molar-refractivity contribution in [3.63, 3.8) is 0 Å². The summed E-state index contributed by atoms with van der Waals surface area (Å²) >= 11 is -3.30. The summed E-state index contributed by atoms with van der Waals surface area (Å²) in [6, 6.07) is 13.3. The van der Waals surface area contributed by atoms with Crippen LogP contribution in [0.25, 0.3) is 16.6 Å². The number of allylic oxidation sites excluding steroid dienone is 1. The van der Waals surface area contributed by atoms with E-state index in [1.54, 1.807) is 48.5 Å². The Kier molecular flexibility index (Phi) is 8.02. The average Bonchev–Trinajstić information content (AvgIpc) is 3.28. The molecule has 1 unspecified atom stereocenters. The zero-order chi connectivity index (χ0) is 31.7. The molecule has 1 aliphatic rings. The quantitative estimate of drug-likeness (QED) is 0.0845. The Labute approximate surface area is 245 Å². The molecule has 0 saturated carbocycles. The molecular weight excluding hydrogens is 692 g/mol. The van der Waals surface area contributed by atoms with Gasteiger partial charge in [0.15, 0.2) is 0 Å². The molecule has 0 amide bonds. The van der Waals surface area contributed by atoms with Gasteiger partial charge in [-0.25, -0.2) is 0 Å². The molecule has 1 atom stereocenters. The van der Waals surface area contributed by atoms with Gasteiger partial charge in [-0.05, 0) is 0 Å². The number of fused-ring (bicyclic) bond motifs is 1. The molecule has 43 heavy (non-hydrogen) atoms. The fourth-order valence-corrected chi connectivity index (χ4v) is 13.7. The zero-order valence-corrected chi connectivity index (χ0v) is 25.9. The molecule has 0 N–H and O–H groups in total. The van der Waals surface area contributed by atoms with Crippen LogP contribution < -0.4 is 10.9 Å². The topological polar surface area (TPSA) is 0 Å². The molecule has 0 nitrogen and oxygen atoms in total. The first-order chi connectivity index (χ1) is 20.1. The third kappa shape index (κ3) is 4.78. The van der Waals surface area contributed by atoms with Crippen LogP contribution in [0.5, 0.6) is 0 Å². The first-order valence-electron chi connectivity index (χ1n) is 13.0. The van der Waals surface area contributed by atoms with Crippen LogP contribution >= 0.6 is 0 Å². The van der Waals surface area contributed by atoms with Crippen LogP contribution in [0.3, 0.4) is 0 Å². The van der Waals surface area contributed by atoms with Crippen molar-refractivity contribution in [2.24, 2.45) is 0 Å². The second-order valence-corrected chi connectivity index (χ2v) is 26.6. The van der Waals surface area contributed by atoms with Crippen molar-refractivity contribution < 1.29 is 43.9 Å². The maximum atomic E-state index is 15.6. The molecule has 0 spiro atoms. The molecule has 0 saturated heterocycles. The number of rotatable bonds is 5. The van der Waals surface area contributed by atoms with Crippen LogP contribution in [0.2, 0.25) is 14.8 Å². The van der Waals surface area contributed by atoms with E-state index in [0.29, 0.717) is 16.7 Å². The van der Waals surface area contributed by atoms with Crippen LogP contribution in [0.4, 0.5) is 43.9 Å². The van der Waals surface area contributed by atoms with Crippen LogP contribution in [0.15, 0.2) is 54.1 Å². The monoisotopic (exact) mass is 714 g/mol. The summed E-state index contributed by atoms with van der Waals surface area (Å²) in [7, 11) is 0. The van der Waals surface area contributed by atoms with Crippen molar-refractivity contribution in [2.75, 3.05) is 0 Å². The van der Waals surface area contributed by atoms with Gasteiger partial charge in [-0.1, -0.05) is 0 Å². The molecular formula is C31H21BF10Sn. The number of halogens is 10. The Morgan fingerprint density at radius 3 is 1.37 bits per heavy atom. The fourth-order valence-electron chi connectivity index (χ4n) is 6.23. The van der Waals surface area contributed by atoms with E-state index in [2.05, 4.69) is 0 Å². The third-order valence-corrected chi connectivity index (χ3v) is 14.9. The molecule has 0 aliphatic heterocycles. The molecule has 0 aromatic heterocycles. The van der Waals surface area contributed by atoms with E-state index in [1.807, 2.05) is 14.8 Å². The van der Waals surface area contributed by atoms with Gasteiger partial charge < -0.3 is 0 Å². The minimum absolute atomic E-state index is 0.167. The van der Waals surface area contributed by atoms with Gasteiger partial charge in [0.1, 0.15) is 0 Å². The molecule has 4 aromatic carbocycles. The van der Waals surface area contributed by atoms with Crippen molar-refractivity contribution in [1.29, 1.82) is 0 Å². The minimum atomic E-state index is -3.30. The number of benzene rings is 4. The van der Waals surface area contributed by atoms with E-state index in [-0.39, 0.29) is 16.6 Å². The van der Waals surface area contributed by atoms with Crippen molar-refractivity contribution in [1.82, 2.24) is 0 Å². The molecule has 0 heterocycles. The van der Waals surface area contributed by atoms with Gasteiger partial charge in [-0.2, -0.15) is 0 Å². The Bertz CT molecular complexity index is 1700. The van der Waals surface area contributed by atoms with Gasteiger partial charge in [-0.3, -0.25) is 0 Å². The number of hydrogen-bond donors (Lipinski definition) is 0. The van der Waals surface area contributed by atoms with Gasteiger partial charge in [0.25, 0.3) is 0 Å². The molecule has 0 bridgehead atoms. The molecule has 5 rings (SSSR count). The second-order valence-electron chi connectivity index (χ2n) is 11.4. The Morgan fingerprint density at radius 2 is 0.953 bits per heavy atom. The maximum absolute atomic E-state index is 15.6. The molecule has 0 fully saturated rings. The number of hydrogen-bond acceptors (Lipinski definition) is 0. The van der Waals surface area contributed by atoms with Crippen LogP contribution in [0.1, 0.15) is 22.0 Å². The standard InChI is InChI=1S/C28H12BF10.3CH3.Sn/c1-11-10-13-8-5-9-14(12-6-3-2-4-7-12)15(13)16(11)29(17-19(30)23(34)27(38)24(35)20(17)31)18-21(32)25(36)28(39)26(37)22(18)33;;;;/h2-10H,1H3;3*1H3;. The van der Waals surface area contributed by atoms with Crippen molar-refractivity contribution in [2.45, 2.75) is 25.7 Å². The van der Waals surface area contributed by atoms with E-state index in [1.165, 1.54) is 6.92 Å². The Hall–Kier alpha value is -3.22. The molecule has 4 aromatic rings. The SMILES string of the molecule is CC1=C(B(c2c(F)c(F)c(F)c(F)c2F)c2c(F)c(F)c(F)c(F)c2F)c2c(-c3ccccc3)cccc2[CH]1[Sn]([CH3])([CH3])[CH3]. The van der Waals surface area contributed by atoms with E-state index in [4.69, 9.17) is 0 Å². The average molecular weight is 713 g/mol. The predicted octanol–water partition coefficient (Wildman–Crippen LogP) is 8.34. The fraction of sp³-hybridized carbons (Fsp3) is 0.161. The van der Waals surface area contributed by atoms with E-state index in [9.17, 15) is 26.3 Å². The van der Waals surface area contributed by atoms with Gasteiger partial charge in [0.05, 0.1) is 0 Å². The first-order valence-corrected chi connectivity index (χ1v) is 23.2. The second kappa shape index (κ2) is 11.1. The summed E-state index contributed by atoms with van der Waals surface area (Å²) in [4.78, 5) is 5.99. The van der Waals surface area contributed by atoms with Crippen molar-refractivity contribution in [3.05, 3.63) is 123 Å². The molecule has 222 valence electrons. The van der Waals surface area contributed by atoms with Crippen molar-refractivity contribution in [3.8, 4) is 11.1 Å². The summed E-state index contributed by atoms with van der Waals surface area (Å²) in [5.41, 5.74) is -1.83. The normalized spacial score (nSPS) is 14.9. The van der Waals surface area contributed by atoms with Crippen molar-refractivity contribution >= 4 is 41.5 Å². The molecule has 1 aliphatic carbocycles. The van der Waals surface area contributed by atoms with E-state index < -0.39 is 98.1 Å². The van der Waals surface area contributed by atoms with E-state index >= 15 is 17.6 Å². The van der Waals surface area contributed by atoms with Crippen LogP contribution in [0, 0.1) is 58.2 Å². The first kappa shape index (κ1) is 31.2. The summed E-state index contributed by atoms with van der Waals surface area (Å²) in [5, 5.41) is 0. The van der Waals surface area contributed by atoms with Crippen LogP contribution in [-0.4, -0.2) is 25.1 Å². The van der Waals surface area contributed by atoms with Gasteiger partial charge in [0, 0.05) is 0 Å². The predicted molar refractivity (Wildman–Crippen MR) is 148 cm³/mol. The van der Waals surface area contributed by atoms with Crippen LogP contribution in [-0.2, 0) is 0 Å². The molecule has 0 radical (unpaired) electrons. The Morgan fingerprint density at radius 1 is 0.535 bits per heavy atom. The Balaban J connectivity index is 2.03. The summed E-state index contributed by atoms with van der Waals surface area (Å²) in [6.45, 7) is -1.13. The summed E-state index contributed by atoms with van der Waals surface area (Å²) < 4.78 is 149. The molecule has 12 heteroatoms. The third-order valence-electron chi connectivity index (χ3n) is 7.84. The van der Waals surface area contributed by atoms with Gasteiger partial charge >= 0.3 is 246 Å². The van der Waals surface area contributed by atoms with Gasteiger partial charge in [-0.15, -0.1) is 0 Å². The summed E-state index contributed by atoms with van der Waals surface area (Å²) in [6.07, 6.45) is 0. The summed E-state index contributed by atoms with van der Waals surface area (Å²) in [5.74, 6) is -24.6. The zero-order valence-electron chi connectivity index (χ0n) is 23.1. The van der Waals surface area contributed by atoms with E-state index in [0.717, 1.165) is 0 Å². The van der Waals surface area contributed by atoms with Gasteiger partial charge in [0.2, 0.25) is 0 Å².